The number of carbonyl (C=O) groups excluding carboxylic acids is 2. The van der Waals surface area contributed by atoms with Crippen molar-refractivity contribution in [2.24, 2.45) is 10.8 Å². The summed E-state index contributed by atoms with van der Waals surface area (Å²) in [6, 6.07) is 0. The molecule has 0 aromatic carbocycles. The summed E-state index contributed by atoms with van der Waals surface area (Å²) in [7, 11) is 0. The standard InChI is InChI=1S/C12H22O2/c1-11(2,3)7-9(13)10(14)8-12(4,5)6/h7-8H2,1-6H3. The second-order valence-electron chi connectivity index (χ2n) is 6.32. The van der Waals surface area contributed by atoms with Crippen molar-refractivity contribution in [3.05, 3.63) is 0 Å². The van der Waals surface area contributed by atoms with E-state index in [1.165, 1.54) is 0 Å². The van der Waals surface area contributed by atoms with E-state index in [9.17, 15) is 9.59 Å². The van der Waals surface area contributed by atoms with Crippen molar-refractivity contribution in [2.75, 3.05) is 0 Å². The SMILES string of the molecule is CC(C)(C)CC(=O)C(=O)CC(C)(C)C. The Morgan fingerprint density at radius 1 is 0.714 bits per heavy atom. The number of Topliss-reactive ketones (excluding diaryl/α,β-unsaturated/α-hetero) is 2. The van der Waals surface area contributed by atoms with Gasteiger partial charge in [0.05, 0.1) is 0 Å². The van der Waals surface area contributed by atoms with Crippen molar-refractivity contribution >= 4 is 11.6 Å². The van der Waals surface area contributed by atoms with Crippen LogP contribution in [0.1, 0.15) is 54.4 Å². The van der Waals surface area contributed by atoms with Crippen LogP contribution >= 0.6 is 0 Å². The van der Waals surface area contributed by atoms with Crippen LogP contribution < -0.4 is 0 Å². The third-order valence-corrected chi connectivity index (χ3v) is 1.69. The summed E-state index contributed by atoms with van der Waals surface area (Å²) >= 11 is 0. The Kier molecular flexibility index (Phi) is 4.04. The van der Waals surface area contributed by atoms with E-state index in [0.29, 0.717) is 12.8 Å². The molecular weight excluding hydrogens is 176 g/mol. The van der Waals surface area contributed by atoms with E-state index in [2.05, 4.69) is 0 Å². The fourth-order valence-electron chi connectivity index (χ4n) is 1.16. The molecule has 2 nitrogen and oxygen atoms in total. The molecule has 0 fully saturated rings. The van der Waals surface area contributed by atoms with E-state index >= 15 is 0 Å². The molecule has 0 heterocycles. The van der Waals surface area contributed by atoms with Crippen LogP contribution in [0.2, 0.25) is 0 Å². The first-order chi connectivity index (χ1) is 6.01. The first kappa shape index (κ1) is 13.3. The predicted octanol–water partition coefficient (Wildman–Crippen LogP) is 3.00. The summed E-state index contributed by atoms with van der Waals surface area (Å²) in [4.78, 5) is 23.0. The number of rotatable bonds is 3. The summed E-state index contributed by atoms with van der Waals surface area (Å²) in [5.74, 6) is -0.458. The molecule has 0 saturated carbocycles. The molecule has 0 aromatic heterocycles. The lowest BCUT2D eigenvalue weighted by atomic mass is 9.84. The fourth-order valence-corrected chi connectivity index (χ4v) is 1.16. The Hall–Kier alpha value is -0.660. The molecule has 0 radical (unpaired) electrons. The largest absolute Gasteiger partial charge is 0.291 e. The van der Waals surface area contributed by atoms with Crippen molar-refractivity contribution < 1.29 is 9.59 Å². The summed E-state index contributed by atoms with van der Waals surface area (Å²) in [5.41, 5.74) is -0.185. The van der Waals surface area contributed by atoms with Gasteiger partial charge in [-0.05, 0) is 10.8 Å². The van der Waals surface area contributed by atoms with Crippen LogP contribution in [0.3, 0.4) is 0 Å². The van der Waals surface area contributed by atoms with Crippen molar-refractivity contribution in [3.8, 4) is 0 Å². The molecule has 0 amide bonds. The Balaban J connectivity index is 4.22. The predicted molar refractivity (Wildman–Crippen MR) is 58.2 cm³/mol. The summed E-state index contributed by atoms with van der Waals surface area (Å²) in [5, 5.41) is 0. The van der Waals surface area contributed by atoms with Gasteiger partial charge in [0, 0.05) is 12.8 Å². The number of hydrogen-bond acceptors (Lipinski definition) is 2. The molecule has 0 saturated heterocycles. The van der Waals surface area contributed by atoms with Gasteiger partial charge in [-0.25, -0.2) is 0 Å². The molecule has 0 rings (SSSR count). The molecule has 0 aliphatic heterocycles. The van der Waals surface area contributed by atoms with Gasteiger partial charge in [0.2, 0.25) is 0 Å². The van der Waals surface area contributed by atoms with E-state index in [-0.39, 0.29) is 22.4 Å². The van der Waals surface area contributed by atoms with Gasteiger partial charge in [0.25, 0.3) is 0 Å². The van der Waals surface area contributed by atoms with Crippen molar-refractivity contribution in [1.29, 1.82) is 0 Å². The Labute approximate surface area is 87.1 Å². The molecule has 0 bridgehead atoms. The van der Waals surface area contributed by atoms with Crippen LogP contribution in [-0.2, 0) is 9.59 Å². The van der Waals surface area contributed by atoms with Crippen LogP contribution in [0.4, 0.5) is 0 Å². The number of carbonyl (C=O) groups is 2. The molecule has 0 unspecified atom stereocenters. The first-order valence-corrected chi connectivity index (χ1v) is 5.07. The summed E-state index contributed by atoms with van der Waals surface area (Å²) in [6.07, 6.45) is 0.698. The second-order valence-corrected chi connectivity index (χ2v) is 6.32. The average Bonchev–Trinajstić information content (AvgIpc) is 1.78. The maximum Gasteiger partial charge on any atom is 0.198 e. The molecule has 82 valence electrons. The lowest BCUT2D eigenvalue weighted by molar-refractivity contribution is -0.138. The third kappa shape index (κ3) is 6.81. The monoisotopic (exact) mass is 198 g/mol. The number of hydrogen-bond donors (Lipinski definition) is 0. The summed E-state index contributed by atoms with van der Waals surface area (Å²) in [6.45, 7) is 11.8. The van der Waals surface area contributed by atoms with Crippen LogP contribution in [-0.4, -0.2) is 11.6 Å². The van der Waals surface area contributed by atoms with Gasteiger partial charge in [-0.3, -0.25) is 9.59 Å². The molecular formula is C12H22O2. The molecule has 2 heteroatoms. The third-order valence-electron chi connectivity index (χ3n) is 1.69. The maximum absolute atomic E-state index is 11.5. The zero-order valence-corrected chi connectivity index (χ0v) is 10.2. The Bertz CT molecular complexity index is 200. The van der Waals surface area contributed by atoms with Crippen LogP contribution in [0, 0.1) is 10.8 Å². The highest BCUT2D eigenvalue weighted by atomic mass is 16.2. The van der Waals surface area contributed by atoms with Crippen LogP contribution in [0.25, 0.3) is 0 Å². The molecule has 14 heavy (non-hydrogen) atoms. The van der Waals surface area contributed by atoms with Crippen molar-refractivity contribution in [2.45, 2.75) is 54.4 Å². The van der Waals surface area contributed by atoms with E-state index in [1.807, 2.05) is 41.5 Å². The van der Waals surface area contributed by atoms with Gasteiger partial charge in [0.1, 0.15) is 0 Å². The first-order valence-electron chi connectivity index (χ1n) is 5.07. The second kappa shape index (κ2) is 4.24. The highest BCUT2D eigenvalue weighted by molar-refractivity contribution is 6.37. The van der Waals surface area contributed by atoms with E-state index in [4.69, 9.17) is 0 Å². The Morgan fingerprint density at radius 3 is 1.07 bits per heavy atom. The molecule has 0 N–H and O–H groups in total. The highest BCUT2D eigenvalue weighted by Crippen LogP contribution is 2.23. The van der Waals surface area contributed by atoms with Gasteiger partial charge in [-0.1, -0.05) is 41.5 Å². The molecule has 0 aromatic rings. The van der Waals surface area contributed by atoms with E-state index in [0.717, 1.165) is 0 Å². The van der Waals surface area contributed by atoms with Gasteiger partial charge in [-0.2, -0.15) is 0 Å². The fraction of sp³-hybridized carbons (Fsp3) is 0.833. The highest BCUT2D eigenvalue weighted by Gasteiger charge is 2.25. The minimum absolute atomic E-state index is 0.0926. The number of ketones is 2. The van der Waals surface area contributed by atoms with E-state index in [1.54, 1.807) is 0 Å². The lowest BCUT2D eigenvalue weighted by Crippen LogP contribution is -2.24. The average molecular weight is 198 g/mol. The molecule has 0 atom stereocenters. The topological polar surface area (TPSA) is 34.1 Å². The zero-order chi connectivity index (χ0) is 11.6. The summed E-state index contributed by atoms with van der Waals surface area (Å²) < 4.78 is 0. The smallest absolute Gasteiger partial charge is 0.198 e. The normalized spacial score (nSPS) is 12.7. The zero-order valence-electron chi connectivity index (χ0n) is 10.2. The van der Waals surface area contributed by atoms with Gasteiger partial charge in [-0.15, -0.1) is 0 Å². The van der Waals surface area contributed by atoms with Crippen LogP contribution in [0.5, 0.6) is 0 Å². The maximum atomic E-state index is 11.5. The van der Waals surface area contributed by atoms with Crippen molar-refractivity contribution in [3.63, 3.8) is 0 Å². The molecule has 0 spiro atoms. The molecule has 0 aliphatic rings. The van der Waals surface area contributed by atoms with E-state index < -0.39 is 0 Å². The Morgan fingerprint density at radius 2 is 0.929 bits per heavy atom. The van der Waals surface area contributed by atoms with Crippen LogP contribution in [0.15, 0.2) is 0 Å². The van der Waals surface area contributed by atoms with Crippen molar-refractivity contribution in [1.82, 2.24) is 0 Å². The molecule has 0 aliphatic carbocycles. The van der Waals surface area contributed by atoms with Gasteiger partial charge in [0.15, 0.2) is 11.6 Å². The quantitative estimate of drug-likeness (QED) is 0.653. The lowest BCUT2D eigenvalue weighted by Gasteiger charge is -2.19. The minimum atomic E-state index is -0.229. The van der Waals surface area contributed by atoms with Gasteiger partial charge >= 0.3 is 0 Å². The minimum Gasteiger partial charge on any atom is -0.291 e. The van der Waals surface area contributed by atoms with Gasteiger partial charge < -0.3 is 0 Å².